The van der Waals surface area contributed by atoms with E-state index in [1.54, 1.807) is 24.3 Å². The van der Waals surface area contributed by atoms with E-state index in [-0.39, 0.29) is 31.1 Å². The number of rotatable bonds is 36. The maximum atomic E-state index is 12.8. The second kappa shape index (κ2) is 35.8. The van der Waals surface area contributed by atoms with Gasteiger partial charge in [-0.15, -0.1) is 0 Å². The second-order valence-electron chi connectivity index (χ2n) is 15.4. The van der Waals surface area contributed by atoms with Gasteiger partial charge in [-0.2, -0.15) is 0 Å². The van der Waals surface area contributed by atoms with Gasteiger partial charge < -0.3 is 39.9 Å². The molecule has 8 atom stereocenters. The van der Waals surface area contributed by atoms with E-state index in [9.17, 15) is 39.5 Å². The van der Waals surface area contributed by atoms with E-state index in [1.807, 2.05) is 0 Å². The SMILES string of the molecule is CCCCC/C=C\C/C=C\C/C=C\C/C=C\CCCCCC(=O)OC[C@H](COP(=O)(O)OC[C@@H](O)CO)OC(=O)C/C=C\C[C@H]1[C@@H](/C=C/[C@H](O)CCCCC)[C@H](O)C[C@@H]1O. The molecule has 0 aromatic heterocycles. The summed E-state index contributed by atoms with van der Waals surface area (Å²) in [5, 5.41) is 49.7. The van der Waals surface area contributed by atoms with Crippen molar-refractivity contribution in [3.63, 3.8) is 0 Å². The predicted molar refractivity (Wildman–Crippen MR) is 235 cm³/mol. The molecule has 13 nitrogen and oxygen atoms in total. The van der Waals surface area contributed by atoms with Crippen LogP contribution in [0.2, 0.25) is 0 Å². The Labute approximate surface area is 359 Å². The van der Waals surface area contributed by atoms with Crippen LogP contribution in [0.3, 0.4) is 0 Å². The molecule has 1 aliphatic carbocycles. The van der Waals surface area contributed by atoms with Crippen molar-refractivity contribution < 1.29 is 63.1 Å². The van der Waals surface area contributed by atoms with E-state index in [0.29, 0.717) is 19.3 Å². The summed E-state index contributed by atoms with van der Waals surface area (Å²) in [6, 6.07) is 0. The maximum Gasteiger partial charge on any atom is 0.472 e. The third kappa shape index (κ3) is 29.5. The second-order valence-corrected chi connectivity index (χ2v) is 16.8. The Balaban J connectivity index is 2.53. The van der Waals surface area contributed by atoms with Gasteiger partial charge in [0.2, 0.25) is 0 Å². The highest BCUT2D eigenvalue weighted by atomic mass is 31.2. The molecule has 1 saturated carbocycles. The number of aliphatic hydroxyl groups is 5. The van der Waals surface area contributed by atoms with Crippen molar-refractivity contribution in [1.29, 1.82) is 0 Å². The van der Waals surface area contributed by atoms with Gasteiger partial charge in [-0.3, -0.25) is 18.6 Å². The first-order chi connectivity index (χ1) is 28.9. The van der Waals surface area contributed by atoms with Crippen molar-refractivity contribution in [1.82, 2.24) is 0 Å². The van der Waals surface area contributed by atoms with Gasteiger partial charge in [-0.25, -0.2) is 4.57 Å². The number of allylic oxidation sites excluding steroid dienone is 9. The van der Waals surface area contributed by atoms with Gasteiger partial charge in [-0.1, -0.05) is 125 Å². The number of phosphoric ester groups is 1. The number of carbonyl (C=O) groups is 2. The fourth-order valence-corrected chi connectivity index (χ4v) is 7.21. The van der Waals surface area contributed by atoms with E-state index in [4.69, 9.17) is 19.1 Å². The van der Waals surface area contributed by atoms with Gasteiger partial charge in [0, 0.05) is 18.8 Å². The Morgan fingerprint density at radius 1 is 0.717 bits per heavy atom. The maximum absolute atomic E-state index is 12.8. The summed E-state index contributed by atoms with van der Waals surface area (Å²) >= 11 is 0. The molecule has 0 saturated heterocycles. The summed E-state index contributed by atoms with van der Waals surface area (Å²) in [7, 11) is -4.73. The van der Waals surface area contributed by atoms with Crippen molar-refractivity contribution in [2.45, 2.75) is 166 Å². The molecule has 60 heavy (non-hydrogen) atoms. The molecule has 0 aromatic rings. The number of phosphoric acid groups is 1. The third-order valence-electron chi connectivity index (χ3n) is 9.94. The van der Waals surface area contributed by atoms with Crippen molar-refractivity contribution in [2.75, 3.05) is 26.4 Å². The van der Waals surface area contributed by atoms with E-state index in [1.165, 1.54) is 19.3 Å². The number of hydrogen-bond acceptors (Lipinski definition) is 12. The molecular formula is C46H77O13P. The van der Waals surface area contributed by atoms with Crippen LogP contribution in [-0.2, 0) is 32.7 Å². The van der Waals surface area contributed by atoms with Crippen LogP contribution in [0.5, 0.6) is 0 Å². The first-order valence-electron chi connectivity index (χ1n) is 22.2. The Hall–Kier alpha value is -2.71. The molecule has 0 amide bonds. The van der Waals surface area contributed by atoms with Crippen molar-refractivity contribution >= 4 is 19.8 Å². The zero-order valence-electron chi connectivity index (χ0n) is 36.2. The molecule has 0 heterocycles. The van der Waals surface area contributed by atoms with E-state index in [2.05, 4.69) is 67.0 Å². The number of hydrogen-bond donors (Lipinski definition) is 6. The summed E-state index contributed by atoms with van der Waals surface area (Å²) in [5.74, 6) is -1.96. The topological polar surface area (TPSA) is 210 Å². The monoisotopic (exact) mass is 869 g/mol. The van der Waals surface area contributed by atoms with Crippen molar-refractivity contribution in [3.8, 4) is 0 Å². The number of aliphatic hydroxyl groups excluding tert-OH is 5. The van der Waals surface area contributed by atoms with Crippen LogP contribution in [0, 0.1) is 11.8 Å². The summed E-state index contributed by atoms with van der Waals surface area (Å²) in [6.07, 6.45) is 34.2. The quantitative estimate of drug-likeness (QED) is 0.0153. The molecular weight excluding hydrogens is 791 g/mol. The minimum atomic E-state index is -4.73. The molecule has 344 valence electrons. The molecule has 1 unspecified atom stereocenters. The van der Waals surface area contributed by atoms with Crippen LogP contribution in [0.4, 0.5) is 0 Å². The highest BCUT2D eigenvalue weighted by Gasteiger charge is 2.39. The molecule has 14 heteroatoms. The standard InChI is InChI=1S/C46H77O13P/c1-3-5-7-8-9-10-11-12-13-14-15-16-17-18-19-20-21-22-24-29-45(52)56-36-40(37-58-60(54,55)57-35-39(49)34-47)59-46(53)30-26-25-28-41-42(44(51)33-43(41)50)32-31-38(48)27-23-6-4-2/h9-10,12-13,15-16,18-19,25-26,31-32,38-44,47-51H,3-8,11,14,17,20-24,27-30,33-37H2,1-2H3,(H,54,55)/b10-9-,13-12-,16-15-,19-18-,26-25-,32-31+/t38-,39+,40-,41+,42-,43+,44-/m1/s1. The molecule has 0 radical (unpaired) electrons. The lowest BCUT2D eigenvalue weighted by Gasteiger charge is -2.20. The third-order valence-corrected chi connectivity index (χ3v) is 10.9. The van der Waals surface area contributed by atoms with Crippen LogP contribution in [0.25, 0.3) is 0 Å². The molecule has 0 bridgehead atoms. The molecule has 0 aliphatic heterocycles. The lowest BCUT2D eigenvalue weighted by molar-refractivity contribution is -0.160. The van der Waals surface area contributed by atoms with Crippen LogP contribution < -0.4 is 0 Å². The molecule has 1 fully saturated rings. The minimum absolute atomic E-state index is 0.134. The zero-order valence-corrected chi connectivity index (χ0v) is 37.1. The van der Waals surface area contributed by atoms with E-state index in [0.717, 1.165) is 64.2 Å². The number of esters is 2. The lowest BCUT2D eigenvalue weighted by Crippen LogP contribution is -2.29. The fraction of sp³-hybridized carbons (Fsp3) is 0.696. The van der Waals surface area contributed by atoms with Crippen LogP contribution in [0.15, 0.2) is 72.9 Å². The Bertz CT molecular complexity index is 1340. The summed E-state index contributed by atoms with van der Waals surface area (Å²) < 4.78 is 32.6. The van der Waals surface area contributed by atoms with Gasteiger partial charge in [0.05, 0.1) is 44.6 Å². The molecule has 0 spiro atoms. The molecule has 1 rings (SSSR count). The van der Waals surface area contributed by atoms with Crippen molar-refractivity contribution in [2.24, 2.45) is 11.8 Å². The summed E-state index contributed by atoms with van der Waals surface area (Å²) in [6.45, 7) is 1.81. The normalized spacial score (nSPS) is 21.3. The summed E-state index contributed by atoms with van der Waals surface area (Å²) in [4.78, 5) is 35.3. The average molecular weight is 869 g/mol. The first kappa shape index (κ1) is 55.3. The molecule has 0 aromatic carbocycles. The van der Waals surface area contributed by atoms with Gasteiger partial charge in [0.1, 0.15) is 12.7 Å². The van der Waals surface area contributed by atoms with E-state index < -0.39 is 76.7 Å². The average Bonchev–Trinajstić information content (AvgIpc) is 3.50. The smallest absolute Gasteiger partial charge is 0.462 e. The zero-order chi connectivity index (χ0) is 44.3. The molecule has 6 N–H and O–H groups in total. The number of carbonyl (C=O) groups excluding carboxylic acids is 2. The minimum Gasteiger partial charge on any atom is -0.462 e. The highest BCUT2D eigenvalue weighted by Crippen LogP contribution is 2.43. The van der Waals surface area contributed by atoms with Crippen LogP contribution in [0.1, 0.15) is 136 Å². The van der Waals surface area contributed by atoms with E-state index >= 15 is 0 Å². The first-order valence-corrected chi connectivity index (χ1v) is 23.6. The Kier molecular flexibility index (Phi) is 33.0. The van der Waals surface area contributed by atoms with Crippen LogP contribution >= 0.6 is 7.82 Å². The summed E-state index contributed by atoms with van der Waals surface area (Å²) in [5.41, 5.74) is 0. The van der Waals surface area contributed by atoms with Gasteiger partial charge >= 0.3 is 19.8 Å². The van der Waals surface area contributed by atoms with Gasteiger partial charge in [0.25, 0.3) is 0 Å². The fourth-order valence-electron chi connectivity index (χ4n) is 6.42. The molecule has 1 aliphatic rings. The number of unbranched alkanes of at least 4 members (excludes halogenated alkanes) is 8. The van der Waals surface area contributed by atoms with Crippen LogP contribution in [-0.4, -0.2) is 99.3 Å². The number of ether oxygens (including phenoxy) is 2. The Morgan fingerprint density at radius 2 is 1.32 bits per heavy atom. The van der Waals surface area contributed by atoms with Gasteiger partial charge in [0.15, 0.2) is 6.10 Å². The lowest BCUT2D eigenvalue weighted by atomic mass is 9.89. The highest BCUT2D eigenvalue weighted by molar-refractivity contribution is 7.47. The Morgan fingerprint density at radius 3 is 1.95 bits per heavy atom. The largest absolute Gasteiger partial charge is 0.472 e. The van der Waals surface area contributed by atoms with Crippen molar-refractivity contribution in [3.05, 3.63) is 72.9 Å². The van der Waals surface area contributed by atoms with Gasteiger partial charge in [-0.05, 0) is 70.1 Å². The predicted octanol–water partition coefficient (Wildman–Crippen LogP) is 8.05.